The van der Waals surface area contributed by atoms with Crippen LogP contribution in [0.4, 0.5) is 17.6 Å². The minimum Gasteiger partial charge on any atom is -0.454 e. The van der Waals surface area contributed by atoms with Crippen LogP contribution in [0.5, 0.6) is 0 Å². The second-order valence-corrected chi connectivity index (χ2v) is 5.65. The molecule has 0 fully saturated rings. The van der Waals surface area contributed by atoms with Gasteiger partial charge < -0.3 is 15.8 Å². The number of nitrogen functional groups attached to an aromatic ring is 1. The second-order valence-electron chi connectivity index (χ2n) is 5.29. The van der Waals surface area contributed by atoms with Gasteiger partial charge in [-0.25, -0.2) is 9.78 Å². The average Bonchev–Trinajstić information content (AvgIpc) is 2.62. The van der Waals surface area contributed by atoms with Crippen LogP contribution in [0, 0.1) is 6.92 Å². The van der Waals surface area contributed by atoms with Crippen LogP contribution >= 0.6 is 11.6 Å². The molecule has 0 atom stereocenters. The van der Waals surface area contributed by atoms with Gasteiger partial charge in [0.2, 0.25) is 11.9 Å². The normalized spacial score (nSPS) is 10.4. The van der Waals surface area contributed by atoms with Gasteiger partial charge in [0.25, 0.3) is 0 Å². The van der Waals surface area contributed by atoms with Crippen LogP contribution in [0.3, 0.4) is 0 Å². The molecule has 2 heterocycles. The largest absolute Gasteiger partial charge is 0.454 e. The van der Waals surface area contributed by atoms with Crippen LogP contribution in [0.15, 0.2) is 42.6 Å². The second kappa shape index (κ2) is 7.75. The zero-order valence-corrected chi connectivity index (χ0v) is 14.6. The molecule has 3 aromatic rings. The van der Waals surface area contributed by atoms with Crippen LogP contribution in [-0.4, -0.2) is 25.9 Å². The number of halogens is 1. The number of benzene rings is 1. The lowest BCUT2D eigenvalue weighted by atomic mass is 10.2. The summed E-state index contributed by atoms with van der Waals surface area (Å²) in [7, 11) is 0. The molecule has 0 unspecified atom stereocenters. The number of hydrogen-bond donors (Lipinski definition) is 2. The predicted molar refractivity (Wildman–Crippen MR) is 97.1 cm³/mol. The molecule has 1 aromatic carbocycles. The molecule has 3 rings (SSSR count). The molecule has 0 aliphatic carbocycles. The van der Waals surface area contributed by atoms with Crippen molar-refractivity contribution in [2.24, 2.45) is 0 Å². The number of anilines is 3. The lowest BCUT2D eigenvalue weighted by Crippen LogP contribution is -2.12. The minimum atomic E-state index is -0.629. The molecule has 0 bridgehead atoms. The Morgan fingerprint density at radius 2 is 2.00 bits per heavy atom. The fourth-order valence-electron chi connectivity index (χ4n) is 2.14. The van der Waals surface area contributed by atoms with Gasteiger partial charge in [0.15, 0.2) is 12.4 Å². The van der Waals surface area contributed by atoms with Crippen LogP contribution in [0.2, 0.25) is 5.15 Å². The number of hydrogen-bond acceptors (Lipinski definition) is 8. The van der Waals surface area contributed by atoms with E-state index in [9.17, 15) is 4.79 Å². The maximum Gasteiger partial charge on any atom is 0.341 e. The third-order valence-corrected chi connectivity index (χ3v) is 3.70. The Hall–Kier alpha value is -3.26. The van der Waals surface area contributed by atoms with Crippen LogP contribution in [0.1, 0.15) is 21.7 Å². The Kier molecular flexibility index (Phi) is 5.23. The monoisotopic (exact) mass is 370 g/mol. The molecule has 26 heavy (non-hydrogen) atoms. The Labute approximate surface area is 154 Å². The van der Waals surface area contributed by atoms with E-state index in [1.807, 2.05) is 31.2 Å². The molecule has 0 radical (unpaired) electrons. The predicted octanol–water partition coefficient (Wildman–Crippen LogP) is 2.91. The van der Waals surface area contributed by atoms with Gasteiger partial charge in [-0.1, -0.05) is 29.8 Å². The minimum absolute atomic E-state index is 0.0153. The third-order valence-electron chi connectivity index (χ3n) is 3.40. The van der Waals surface area contributed by atoms with E-state index in [-0.39, 0.29) is 35.0 Å². The van der Waals surface area contributed by atoms with E-state index in [0.29, 0.717) is 0 Å². The highest BCUT2D eigenvalue weighted by Gasteiger charge is 2.14. The smallest absolute Gasteiger partial charge is 0.341 e. The van der Waals surface area contributed by atoms with Gasteiger partial charge in [-0.15, -0.1) is 0 Å². The third kappa shape index (κ3) is 4.22. The molecule has 0 amide bonds. The Morgan fingerprint density at radius 1 is 1.19 bits per heavy atom. The zero-order valence-electron chi connectivity index (χ0n) is 13.8. The molecule has 8 nitrogen and oxygen atoms in total. The zero-order chi connectivity index (χ0) is 18.5. The van der Waals surface area contributed by atoms with Crippen molar-refractivity contribution < 1.29 is 9.53 Å². The molecule has 9 heteroatoms. The number of nitrogens with one attached hydrogen (secondary N) is 1. The SMILES string of the molecule is Cc1ccccc1Nc1nc(N)nc(COC(=O)c2cccnc2Cl)n1. The first-order chi connectivity index (χ1) is 12.5. The van der Waals surface area contributed by atoms with Crippen molar-refractivity contribution in [3.05, 3.63) is 64.7 Å². The van der Waals surface area contributed by atoms with Crippen molar-refractivity contribution in [2.45, 2.75) is 13.5 Å². The molecule has 0 aliphatic rings. The van der Waals surface area contributed by atoms with Gasteiger partial charge in [-0.05, 0) is 30.7 Å². The van der Waals surface area contributed by atoms with Gasteiger partial charge in [-0.3, -0.25) is 0 Å². The summed E-state index contributed by atoms with van der Waals surface area (Å²) in [4.78, 5) is 28.1. The highest BCUT2D eigenvalue weighted by molar-refractivity contribution is 6.32. The summed E-state index contributed by atoms with van der Waals surface area (Å²) < 4.78 is 5.18. The number of ether oxygens (including phenoxy) is 1. The number of carbonyl (C=O) groups is 1. The average molecular weight is 371 g/mol. The van der Waals surface area contributed by atoms with E-state index in [0.717, 1.165) is 11.3 Å². The molecule has 132 valence electrons. The molecule has 0 spiro atoms. The summed E-state index contributed by atoms with van der Waals surface area (Å²) in [5.41, 5.74) is 7.74. The molecule has 2 aromatic heterocycles. The number of aromatic nitrogens is 4. The molecular weight excluding hydrogens is 356 g/mol. The lowest BCUT2D eigenvalue weighted by Gasteiger charge is -2.10. The summed E-state index contributed by atoms with van der Waals surface area (Å²) in [5.74, 6) is -0.142. The highest BCUT2D eigenvalue weighted by Crippen LogP contribution is 2.18. The maximum absolute atomic E-state index is 12.1. The molecule has 3 N–H and O–H groups in total. The van der Waals surface area contributed by atoms with Crippen molar-refractivity contribution >= 4 is 35.2 Å². The Morgan fingerprint density at radius 3 is 2.77 bits per heavy atom. The topological polar surface area (TPSA) is 116 Å². The van der Waals surface area contributed by atoms with Crippen molar-refractivity contribution in [3.63, 3.8) is 0 Å². The maximum atomic E-state index is 12.1. The summed E-state index contributed by atoms with van der Waals surface area (Å²) in [6.07, 6.45) is 1.48. The van der Waals surface area contributed by atoms with Crippen LogP contribution in [0.25, 0.3) is 0 Å². The van der Waals surface area contributed by atoms with Crippen molar-refractivity contribution in [3.8, 4) is 0 Å². The standard InChI is InChI=1S/C17H15ClN6O2/c1-10-5-2-3-7-12(10)21-17-23-13(22-16(19)24-17)9-26-15(25)11-6-4-8-20-14(11)18/h2-8H,9H2,1H3,(H3,19,21,22,23,24). The number of carbonyl (C=O) groups excluding carboxylic acids is 1. The van der Waals surface area contributed by atoms with E-state index in [1.165, 1.54) is 12.3 Å². The van der Waals surface area contributed by atoms with Gasteiger partial charge in [0.05, 0.1) is 5.56 Å². The van der Waals surface area contributed by atoms with Gasteiger partial charge >= 0.3 is 5.97 Å². The number of nitrogens with two attached hydrogens (primary N) is 1. The highest BCUT2D eigenvalue weighted by atomic mass is 35.5. The summed E-state index contributed by atoms with van der Waals surface area (Å²) in [6, 6.07) is 10.8. The number of rotatable bonds is 5. The van der Waals surface area contributed by atoms with E-state index < -0.39 is 5.97 Å². The fraction of sp³-hybridized carbons (Fsp3) is 0.118. The number of aryl methyl sites for hydroxylation is 1. The quantitative estimate of drug-likeness (QED) is 0.520. The van der Waals surface area contributed by atoms with Gasteiger partial charge in [-0.2, -0.15) is 15.0 Å². The van der Waals surface area contributed by atoms with E-state index in [4.69, 9.17) is 22.1 Å². The number of para-hydroxylation sites is 1. The molecule has 0 aliphatic heterocycles. The lowest BCUT2D eigenvalue weighted by molar-refractivity contribution is 0.0462. The fourth-order valence-corrected chi connectivity index (χ4v) is 2.33. The first-order valence-electron chi connectivity index (χ1n) is 7.63. The van der Waals surface area contributed by atoms with Crippen molar-refractivity contribution in [2.75, 3.05) is 11.1 Å². The number of esters is 1. The first-order valence-corrected chi connectivity index (χ1v) is 8.01. The molecule has 0 saturated heterocycles. The van der Waals surface area contributed by atoms with Crippen molar-refractivity contribution in [1.29, 1.82) is 0 Å². The Bertz CT molecular complexity index is 950. The summed E-state index contributed by atoms with van der Waals surface area (Å²) in [5, 5.41) is 3.13. The summed E-state index contributed by atoms with van der Waals surface area (Å²) >= 11 is 5.87. The summed E-state index contributed by atoms with van der Waals surface area (Å²) in [6.45, 7) is 1.77. The van der Waals surface area contributed by atoms with Crippen LogP contribution < -0.4 is 11.1 Å². The van der Waals surface area contributed by atoms with Gasteiger partial charge in [0.1, 0.15) is 5.15 Å². The number of nitrogens with zero attached hydrogens (tertiary/aromatic N) is 4. The first kappa shape index (κ1) is 17.6. The number of pyridine rings is 1. The van der Waals surface area contributed by atoms with Crippen LogP contribution in [-0.2, 0) is 11.3 Å². The van der Waals surface area contributed by atoms with E-state index >= 15 is 0 Å². The molecule has 0 saturated carbocycles. The van der Waals surface area contributed by atoms with E-state index in [1.54, 1.807) is 6.07 Å². The van der Waals surface area contributed by atoms with E-state index in [2.05, 4.69) is 25.3 Å². The van der Waals surface area contributed by atoms with Crippen molar-refractivity contribution in [1.82, 2.24) is 19.9 Å². The Balaban J connectivity index is 1.73. The van der Waals surface area contributed by atoms with Gasteiger partial charge in [0, 0.05) is 11.9 Å². The molecular formula is C17H15ClN6O2.